The summed E-state index contributed by atoms with van der Waals surface area (Å²) in [7, 11) is 0. The van der Waals surface area contributed by atoms with Crippen molar-refractivity contribution in [1.29, 1.82) is 0 Å². The summed E-state index contributed by atoms with van der Waals surface area (Å²) in [6.07, 6.45) is 0. The maximum Gasteiger partial charge on any atom is 0.347 e. The molecule has 0 spiro atoms. The van der Waals surface area contributed by atoms with Crippen molar-refractivity contribution in [2.45, 2.75) is 0 Å². The lowest BCUT2D eigenvalue weighted by Crippen LogP contribution is -2.00. The molecule has 4 aromatic rings. The summed E-state index contributed by atoms with van der Waals surface area (Å²) in [5.41, 5.74) is 1.57. The predicted molar refractivity (Wildman–Crippen MR) is 88.5 cm³/mol. The lowest BCUT2D eigenvalue weighted by Gasteiger charge is -2.05. The zero-order chi connectivity index (χ0) is 16.0. The van der Waals surface area contributed by atoms with Crippen LogP contribution in [-0.2, 0) is 0 Å². The second-order valence-corrected chi connectivity index (χ2v) is 5.45. The first-order valence-corrected chi connectivity index (χ1v) is 7.30. The van der Waals surface area contributed by atoms with E-state index in [2.05, 4.69) is 0 Å². The maximum atomic E-state index is 13.1. The maximum absolute atomic E-state index is 13.1. The third kappa shape index (κ3) is 2.26. The van der Waals surface area contributed by atoms with Crippen LogP contribution in [0, 0.1) is 10.5 Å². The van der Waals surface area contributed by atoms with Crippen LogP contribution in [0.3, 0.4) is 0 Å². The Kier molecular flexibility index (Phi) is 3.09. The van der Waals surface area contributed by atoms with Crippen molar-refractivity contribution >= 4 is 34.2 Å². The molecule has 2 aromatic heterocycles. The van der Waals surface area contributed by atoms with E-state index in [0.29, 0.717) is 33.1 Å². The second kappa shape index (κ2) is 5.14. The second-order valence-electron chi connectivity index (χ2n) is 5.08. The summed E-state index contributed by atoms with van der Waals surface area (Å²) in [4.78, 5) is 12.2. The van der Waals surface area contributed by atoms with E-state index < -0.39 is 5.63 Å². The van der Waals surface area contributed by atoms with Gasteiger partial charge in [0, 0.05) is 5.56 Å². The first-order chi connectivity index (χ1) is 11.1. The van der Waals surface area contributed by atoms with Crippen LogP contribution in [0.15, 0.2) is 68.2 Å². The average molecular weight is 324 g/mol. The predicted octanol–water partition coefficient (Wildman–Crippen LogP) is 5.07. The van der Waals surface area contributed by atoms with Crippen molar-refractivity contribution < 1.29 is 13.2 Å². The summed E-state index contributed by atoms with van der Waals surface area (Å²) in [5, 5.41) is 0.982. The van der Waals surface area contributed by atoms with Crippen LogP contribution in [0.4, 0.5) is 4.39 Å². The number of hydrogen-bond acceptors (Lipinski definition) is 4. The van der Waals surface area contributed by atoms with Gasteiger partial charge in [0.1, 0.15) is 16.8 Å². The van der Waals surface area contributed by atoms with E-state index in [1.165, 1.54) is 12.1 Å². The zero-order valence-electron chi connectivity index (χ0n) is 11.7. The fourth-order valence-electron chi connectivity index (χ4n) is 2.55. The van der Waals surface area contributed by atoms with E-state index in [-0.39, 0.29) is 10.5 Å². The van der Waals surface area contributed by atoms with Gasteiger partial charge < -0.3 is 8.83 Å². The van der Waals surface area contributed by atoms with Crippen molar-refractivity contribution in [1.82, 2.24) is 0 Å². The van der Waals surface area contributed by atoms with Crippen molar-refractivity contribution in [3.63, 3.8) is 0 Å². The summed E-state index contributed by atoms with van der Waals surface area (Å²) in [6, 6.07) is 14.6. The highest BCUT2D eigenvalue weighted by Crippen LogP contribution is 2.29. The van der Waals surface area contributed by atoms with Crippen LogP contribution >= 0.6 is 12.2 Å². The third-order valence-electron chi connectivity index (χ3n) is 3.66. The van der Waals surface area contributed by atoms with Gasteiger partial charge in [-0.2, -0.15) is 0 Å². The highest BCUT2D eigenvalue weighted by Gasteiger charge is 2.12. The molecule has 2 heterocycles. The van der Waals surface area contributed by atoms with Gasteiger partial charge in [-0.15, -0.1) is 0 Å². The zero-order valence-corrected chi connectivity index (χ0v) is 12.5. The molecule has 0 fully saturated rings. The molecule has 0 bridgehead atoms. The van der Waals surface area contributed by atoms with Crippen LogP contribution in [0.1, 0.15) is 0 Å². The van der Waals surface area contributed by atoms with Crippen molar-refractivity contribution in [2.24, 2.45) is 0 Å². The largest absolute Gasteiger partial charge is 0.444 e. The van der Waals surface area contributed by atoms with E-state index >= 15 is 0 Å². The summed E-state index contributed by atoms with van der Waals surface area (Å²) >= 11 is 5.31. The van der Waals surface area contributed by atoms with Gasteiger partial charge >= 0.3 is 5.63 Å². The minimum atomic E-state index is -0.499. The van der Waals surface area contributed by atoms with E-state index in [9.17, 15) is 9.18 Å². The van der Waals surface area contributed by atoms with Crippen LogP contribution < -0.4 is 5.63 Å². The Hall–Kier alpha value is -2.79. The number of para-hydroxylation sites is 1. The molecule has 0 radical (unpaired) electrons. The van der Waals surface area contributed by atoms with E-state index in [1.807, 2.05) is 6.07 Å². The van der Waals surface area contributed by atoms with Crippen LogP contribution in [0.2, 0.25) is 0 Å². The first kappa shape index (κ1) is 13.8. The van der Waals surface area contributed by atoms with Gasteiger partial charge in [0.25, 0.3) is 0 Å². The number of rotatable bonds is 1. The van der Waals surface area contributed by atoms with E-state index in [1.54, 1.807) is 36.4 Å². The molecule has 112 valence electrons. The first-order valence-electron chi connectivity index (χ1n) is 6.89. The number of halogens is 1. The third-order valence-corrected chi connectivity index (χ3v) is 3.96. The fraction of sp³-hybridized carbons (Fsp3) is 0. The Morgan fingerprint density at radius 3 is 2.43 bits per heavy atom. The minimum absolute atomic E-state index is 0.236. The Bertz CT molecular complexity index is 1160. The lowest BCUT2D eigenvalue weighted by molar-refractivity contribution is 0.554. The standard InChI is InChI=1S/C18H9FO3S/c19-11-7-5-10(6-8-11)13-9-14-16(22-18(13)23)12-3-1-2-4-15(12)21-17(14)20/h1-9H. The molecule has 0 saturated heterocycles. The van der Waals surface area contributed by atoms with E-state index in [4.69, 9.17) is 21.1 Å². The highest BCUT2D eigenvalue weighted by atomic mass is 32.1. The molecule has 0 saturated carbocycles. The molecule has 3 nitrogen and oxygen atoms in total. The summed E-state index contributed by atoms with van der Waals surface area (Å²) in [5.74, 6) is -0.345. The minimum Gasteiger partial charge on any atom is -0.444 e. The molecule has 4 rings (SSSR count). The molecule has 2 aromatic carbocycles. The van der Waals surface area contributed by atoms with Crippen molar-refractivity contribution in [3.8, 4) is 11.1 Å². The monoisotopic (exact) mass is 324 g/mol. The Labute approximate surface area is 134 Å². The molecule has 5 heteroatoms. The molecule has 0 aliphatic carbocycles. The van der Waals surface area contributed by atoms with Crippen LogP contribution in [0.25, 0.3) is 33.1 Å². The topological polar surface area (TPSA) is 43.4 Å². The molecule has 0 unspecified atom stereocenters. The lowest BCUT2D eigenvalue weighted by atomic mass is 10.1. The Morgan fingerprint density at radius 2 is 1.65 bits per heavy atom. The Morgan fingerprint density at radius 1 is 0.913 bits per heavy atom. The van der Waals surface area contributed by atoms with Crippen LogP contribution in [-0.4, -0.2) is 0 Å². The van der Waals surface area contributed by atoms with Gasteiger partial charge in [-0.1, -0.05) is 24.3 Å². The molecule has 23 heavy (non-hydrogen) atoms. The summed E-state index contributed by atoms with van der Waals surface area (Å²) < 4.78 is 24.4. The van der Waals surface area contributed by atoms with Gasteiger partial charge in [0.05, 0.1) is 5.39 Å². The SMILES string of the molecule is O=c1oc2ccccc2c2oc(=S)c(-c3ccc(F)cc3)cc12. The van der Waals surface area contributed by atoms with Gasteiger partial charge in [0.15, 0.2) is 10.3 Å². The van der Waals surface area contributed by atoms with Crippen molar-refractivity contribution in [2.75, 3.05) is 0 Å². The molecule has 0 aliphatic heterocycles. The van der Waals surface area contributed by atoms with Gasteiger partial charge in [-0.05, 0) is 48.1 Å². The Balaban J connectivity index is 2.10. The van der Waals surface area contributed by atoms with E-state index in [0.717, 1.165) is 0 Å². The summed E-state index contributed by atoms with van der Waals surface area (Å²) in [6.45, 7) is 0. The van der Waals surface area contributed by atoms with Crippen LogP contribution in [0.5, 0.6) is 0 Å². The molecule has 0 amide bonds. The van der Waals surface area contributed by atoms with Gasteiger partial charge in [0.2, 0.25) is 0 Å². The average Bonchev–Trinajstić information content (AvgIpc) is 2.55. The quantitative estimate of drug-likeness (QED) is 0.278. The molecular weight excluding hydrogens is 315 g/mol. The normalized spacial score (nSPS) is 11.2. The smallest absolute Gasteiger partial charge is 0.347 e. The van der Waals surface area contributed by atoms with Gasteiger partial charge in [-0.3, -0.25) is 0 Å². The molecule has 0 aliphatic rings. The molecular formula is C18H9FO3S. The highest BCUT2D eigenvalue weighted by molar-refractivity contribution is 7.71. The fourth-order valence-corrected chi connectivity index (χ4v) is 2.81. The number of benzene rings is 2. The van der Waals surface area contributed by atoms with Gasteiger partial charge in [-0.25, -0.2) is 9.18 Å². The number of hydrogen-bond donors (Lipinski definition) is 0. The van der Waals surface area contributed by atoms with Crippen molar-refractivity contribution in [3.05, 3.63) is 75.5 Å². The number of fused-ring (bicyclic) bond motifs is 3. The molecule has 0 N–H and O–H groups in total. The molecule has 0 atom stereocenters.